The molecule has 1 aliphatic rings. The van der Waals surface area contributed by atoms with Crippen molar-refractivity contribution in [1.82, 2.24) is 20.2 Å². The zero-order valence-electron chi connectivity index (χ0n) is 11.4. The highest BCUT2D eigenvalue weighted by molar-refractivity contribution is 7.99. The van der Waals surface area contributed by atoms with Gasteiger partial charge in [-0.15, -0.1) is 5.10 Å². The molecule has 0 spiro atoms. The second-order valence-electron chi connectivity index (χ2n) is 4.93. The van der Waals surface area contributed by atoms with Crippen LogP contribution in [0.15, 0.2) is 23.4 Å². The third-order valence-electron chi connectivity index (χ3n) is 3.15. The minimum Gasteiger partial charge on any atom is -0.325 e. The van der Waals surface area contributed by atoms with Gasteiger partial charge in [0.15, 0.2) is 0 Å². The number of carbonyl (C=O) groups excluding carboxylic acids is 1. The van der Waals surface area contributed by atoms with Crippen LogP contribution >= 0.6 is 11.8 Å². The molecule has 1 amide bonds. The first-order chi connectivity index (χ1) is 10.1. The Labute approximate surface area is 125 Å². The third kappa shape index (κ3) is 3.38. The zero-order valence-corrected chi connectivity index (χ0v) is 12.2. The van der Waals surface area contributed by atoms with Crippen molar-refractivity contribution >= 4 is 23.4 Å². The van der Waals surface area contributed by atoms with Crippen molar-refractivity contribution in [3.05, 3.63) is 29.6 Å². The van der Waals surface area contributed by atoms with E-state index in [0.29, 0.717) is 22.4 Å². The maximum absolute atomic E-state index is 13.0. The van der Waals surface area contributed by atoms with Gasteiger partial charge in [-0.05, 0) is 54.0 Å². The zero-order chi connectivity index (χ0) is 14.8. The minimum atomic E-state index is -0.316. The highest BCUT2D eigenvalue weighted by atomic mass is 32.2. The van der Waals surface area contributed by atoms with Crippen molar-refractivity contribution in [2.45, 2.75) is 31.0 Å². The summed E-state index contributed by atoms with van der Waals surface area (Å²) in [7, 11) is 0. The smallest absolute Gasteiger partial charge is 0.234 e. The Kier molecular flexibility index (Phi) is 3.87. The molecule has 1 fully saturated rings. The predicted molar refractivity (Wildman–Crippen MR) is 76.6 cm³/mol. The van der Waals surface area contributed by atoms with E-state index in [1.54, 1.807) is 17.7 Å². The number of hydrogen-bond donors (Lipinski definition) is 1. The highest BCUT2D eigenvalue weighted by Crippen LogP contribution is 2.36. The Morgan fingerprint density at radius 2 is 2.33 bits per heavy atom. The molecule has 1 saturated carbocycles. The molecule has 0 radical (unpaired) electrons. The van der Waals surface area contributed by atoms with Gasteiger partial charge in [0.1, 0.15) is 5.82 Å². The average Bonchev–Trinajstić information content (AvgIpc) is 3.18. The lowest BCUT2D eigenvalue weighted by Crippen LogP contribution is -2.15. The number of thioether (sulfide) groups is 1. The summed E-state index contributed by atoms with van der Waals surface area (Å²) in [5.41, 5.74) is 1.31. The number of aryl methyl sites for hydroxylation is 1. The number of rotatable bonds is 5. The average molecular weight is 307 g/mol. The van der Waals surface area contributed by atoms with Crippen LogP contribution in [0.5, 0.6) is 0 Å². The fourth-order valence-electron chi connectivity index (χ4n) is 1.91. The lowest BCUT2D eigenvalue weighted by atomic mass is 10.2. The molecule has 1 aromatic heterocycles. The molecule has 0 unspecified atom stereocenters. The summed E-state index contributed by atoms with van der Waals surface area (Å²) in [5, 5.41) is 14.9. The fraction of sp³-hybridized carbons (Fsp3) is 0.385. The summed E-state index contributed by atoms with van der Waals surface area (Å²) < 4.78 is 14.8. The Morgan fingerprint density at radius 3 is 3.05 bits per heavy atom. The first kappa shape index (κ1) is 14.0. The largest absolute Gasteiger partial charge is 0.325 e. The second-order valence-corrected chi connectivity index (χ2v) is 5.88. The van der Waals surface area contributed by atoms with Crippen molar-refractivity contribution in [3.8, 4) is 0 Å². The number of aromatic nitrogens is 4. The molecule has 21 heavy (non-hydrogen) atoms. The van der Waals surface area contributed by atoms with E-state index in [9.17, 15) is 9.18 Å². The number of anilines is 1. The van der Waals surface area contributed by atoms with Crippen LogP contribution in [0, 0.1) is 12.7 Å². The van der Waals surface area contributed by atoms with Crippen LogP contribution in [0.1, 0.15) is 24.4 Å². The summed E-state index contributed by atoms with van der Waals surface area (Å²) in [6.07, 6.45) is 2.17. The van der Waals surface area contributed by atoms with Crippen molar-refractivity contribution in [2.75, 3.05) is 11.1 Å². The van der Waals surface area contributed by atoms with Gasteiger partial charge in [0.05, 0.1) is 11.8 Å². The van der Waals surface area contributed by atoms with E-state index in [1.807, 2.05) is 0 Å². The molecule has 0 aliphatic heterocycles. The summed E-state index contributed by atoms with van der Waals surface area (Å²) >= 11 is 1.30. The molecule has 1 aliphatic carbocycles. The maximum atomic E-state index is 13.0. The van der Waals surface area contributed by atoms with Crippen molar-refractivity contribution in [2.24, 2.45) is 0 Å². The summed E-state index contributed by atoms with van der Waals surface area (Å²) in [4.78, 5) is 11.9. The predicted octanol–water partition coefficient (Wildman–Crippen LogP) is 2.19. The Bertz CT molecular complexity index is 670. The van der Waals surface area contributed by atoms with Gasteiger partial charge in [-0.1, -0.05) is 11.8 Å². The van der Waals surface area contributed by atoms with Gasteiger partial charge >= 0.3 is 0 Å². The van der Waals surface area contributed by atoms with Gasteiger partial charge in [0.25, 0.3) is 0 Å². The maximum Gasteiger partial charge on any atom is 0.234 e. The molecular weight excluding hydrogens is 293 g/mol. The molecule has 1 aromatic carbocycles. The molecule has 0 atom stereocenters. The van der Waals surface area contributed by atoms with E-state index >= 15 is 0 Å². The van der Waals surface area contributed by atoms with E-state index in [0.717, 1.165) is 12.8 Å². The van der Waals surface area contributed by atoms with E-state index in [2.05, 4.69) is 20.8 Å². The number of halogens is 1. The molecular formula is C13H14FN5OS. The third-order valence-corrected chi connectivity index (χ3v) is 4.08. The molecule has 1 N–H and O–H groups in total. The number of nitrogens with one attached hydrogen (secondary N) is 1. The first-order valence-electron chi connectivity index (χ1n) is 6.60. The van der Waals surface area contributed by atoms with Crippen LogP contribution in [-0.4, -0.2) is 31.9 Å². The first-order valence-corrected chi connectivity index (χ1v) is 7.59. The van der Waals surface area contributed by atoms with Gasteiger partial charge in [-0.25, -0.2) is 9.07 Å². The molecule has 0 bridgehead atoms. The SMILES string of the molecule is Cc1cc(F)ccc1NC(=O)CSc1nnnn1C1CC1. The Hall–Kier alpha value is -1.96. The molecule has 110 valence electrons. The van der Waals surface area contributed by atoms with Crippen LogP contribution < -0.4 is 5.32 Å². The van der Waals surface area contributed by atoms with E-state index in [-0.39, 0.29) is 17.5 Å². The summed E-state index contributed by atoms with van der Waals surface area (Å²) in [5.74, 6) is -0.271. The molecule has 8 heteroatoms. The number of tetrazole rings is 1. The van der Waals surface area contributed by atoms with Crippen molar-refractivity contribution in [3.63, 3.8) is 0 Å². The molecule has 2 aromatic rings. The number of benzene rings is 1. The minimum absolute atomic E-state index is 0.167. The second kappa shape index (κ2) is 5.80. The van der Waals surface area contributed by atoms with Crippen LogP contribution in [0.4, 0.5) is 10.1 Å². The monoisotopic (exact) mass is 307 g/mol. The van der Waals surface area contributed by atoms with Gasteiger partial charge in [-0.3, -0.25) is 4.79 Å². The summed E-state index contributed by atoms with van der Waals surface area (Å²) in [6, 6.07) is 4.64. The topological polar surface area (TPSA) is 72.7 Å². The summed E-state index contributed by atoms with van der Waals surface area (Å²) in [6.45, 7) is 1.75. The number of amides is 1. The number of nitrogens with zero attached hydrogens (tertiary/aromatic N) is 4. The molecule has 0 saturated heterocycles. The van der Waals surface area contributed by atoms with Gasteiger partial charge in [0.2, 0.25) is 11.1 Å². The Morgan fingerprint density at radius 1 is 1.52 bits per heavy atom. The molecule has 1 heterocycles. The Balaban J connectivity index is 1.57. The lowest BCUT2D eigenvalue weighted by molar-refractivity contribution is -0.113. The number of hydrogen-bond acceptors (Lipinski definition) is 5. The van der Waals surface area contributed by atoms with Gasteiger partial charge in [-0.2, -0.15) is 0 Å². The van der Waals surface area contributed by atoms with Crippen molar-refractivity contribution < 1.29 is 9.18 Å². The van der Waals surface area contributed by atoms with E-state index in [4.69, 9.17) is 0 Å². The lowest BCUT2D eigenvalue weighted by Gasteiger charge is -2.08. The van der Waals surface area contributed by atoms with Crippen LogP contribution in [-0.2, 0) is 4.79 Å². The normalized spacial score (nSPS) is 14.2. The number of carbonyl (C=O) groups is 1. The van der Waals surface area contributed by atoms with Crippen molar-refractivity contribution in [1.29, 1.82) is 0 Å². The van der Waals surface area contributed by atoms with Crippen LogP contribution in [0.25, 0.3) is 0 Å². The molecule has 6 nitrogen and oxygen atoms in total. The van der Waals surface area contributed by atoms with Crippen LogP contribution in [0.3, 0.4) is 0 Å². The highest BCUT2D eigenvalue weighted by Gasteiger charge is 2.28. The quantitative estimate of drug-likeness (QED) is 0.857. The standard InChI is InChI=1S/C13H14FN5OS/c1-8-6-9(14)2-5-11(8)15-12(20)7-21-13-16-17-18-19(13)10-3-4-10/h2,5-6,10H,3-4,7H2,1H3,(H,15,20). The van der Waals surface area contributed by atoms with E-state index in [1.165, 1.54) is 23.9 Å². The van der Waals surface area contributed by atoms with Gasteiger partial charge < -0.3 is 5.32 Å². The van der Waals surface area contributed by atoms with E-state index < -0.39 is 0 Å². The van der Waals surface area contributed by atoms with Gasteiger partial charge in [0, 0.05) is 5.69 Å². The molecule has 3 rings (SSSR count). The van der Waals surface area contributed by atoms with Crippen LogP contribution in [0.2, 0.25) is 0 Å². The fourth-order valence-corrected chi connectivity index (χ4v) is 2.66.